The van der Waals surface area contributed by atoms with Crippen molar-refractivity contribution in [1.29, 1.82) is 0 Å². The van der Waals surface area contributed by atoms with Crippen molar-refractivity contribution in [2.75, 3.05) is 25.0 Å². The van der Waals surface area contributed by atoms with Gasteiger partial charge in [-0.2, -0.15) is 13.2 Å². The standard InChI is InChI=1S/C22H25F3N4O2.HI/c1-2-26-21(27-12-15-7-9-17(10-8-15)31-14-22(23,24)25)28-13-16-11-20(30)29-19-6-4-3-5-18(16)19;/h3-10,16H,2,11-14H2,1H3,(H,29,30)(H2,26,27,28);1H. The van der Waals surface area contributed by atoms with Crippen LogP contribution in [0.4, 0.5) is 18.9 Å². The fraction of sp³-hybridized carbons (Fsp3) is 0.364. The number of nitrogens with zero attached hydrogens (tertiary/aromatic N) is 1. The van der Waals surface area contributed by atoms with E-state index in [0.717, 1.165) is 16.8 Å². The van der Waals surface area contributed by atoms with E-state index in [9.17, 15) is 18.0 Å². The molecule has 0 saturated heterocycles. The predicted molar refractivity (Wildman–Crippen MR) is 129 cm³/mol. The Morgan fingerprint density at radius 1 is 1.16 bits per heavy atom. The van der Waals surface area contributed by atoms with Crippen molar-refractivity contribution >= 4 is 41.5 Å². The molecule has 1 aliphatic rings. The molecule has 1 heterocycles. The molecule has 3 N–H and O–H groups in total. The lowest BCUT2D eigenvalue weighted by Gasteiger charge is -2.26. The lowest BCUT2D eigenvalue weighted by Crippen LogP contribution is -2.40. The Morgan fingerprint density at radius 2 is 1.88 bits per heavy atom. The van der Waals surface area contributed by atoms with Crippen LogP contribution in [0.15, 0.2) is 53.5 Å². The Morgan fingerprint density at radius 3 is 2.56 bits per heavy atom. The number of guanidine groups is 1. The molecule has 0 aliphatic carbocycles. The normalized spacial score (nSPS) is 15.8. The van der Waals surface area contributed by atoms with Crippen molar-refractivity contribution in [3.05, 3.63) is 59.7 Å². The molecule has 2 aromatic carbocycles. The summed E-state index contributed by atoms with van der Waals surface area (Å²) in [6.45, 7) is 2.18. The first-order valence-corrected chi connectivity index (χ1v) is 10.0. The van der Waals surface area contributed by atoms with Crippen molar-refractivity contribution in [2.45, 2.75) is 32.0 Å². The second-order valence-corrected chi connectivity index (χ2v) is 7.16. The number of halogens is 4. The van der Waals surface area contributed by atoms with Crippen LogP contribution >= 0.6 is 24.0 Å². The van der Waals surface area contributed by atoms with E-state index in [-0.39, 0.29) is 41.6 Å². The van der Waals surface area contributed by atoms with E-state index in [1.807, 2.05) is 31.2 Å². The highest BCUT2D eigenvalue weighted by atomic mass is 127. The summed E-state index contributed by atoms with van der Waals surface area (Å²) in [6, 6.07) is 14.1. The van der Waals surface area contributed by atoms with Crippen LogP contribution in [-0.2, 0) is 11.3 Å². The number of carbonyl (C=O) groups excluding carboxylic acids is 1. The third kappa shape index (κ3) is 7.88. The average Bonchev–Trinajstić information content (AvgIpc) is 2.74. The number of rotatable bonds is 7. The summed E-state index contributed by atoms with van der Waals surface area (Å²) in [5, 5.41) is 9.33. The maximum Gasteiger partial charge on any atom is 0.422 e. The number of hydrogen-bond donors (Lipinski definition) is 3. The zero-order valence-electron chi connectivity index (χ0n) is 17.5. The molecule has 0 aromatic heterocycles. The summed E-state index contributed by atoms with van der Waals surface area (Å²) in [7, 11) is 0. The molecule has 0 saturated carbocycles. The summed E-state index contributed by atoms with van der Waals surface area (Å²) in [5.74, 6) is 0.770. The lowest BCUT2D eigenvalue weighted by atomic mass is 9.90. The van der Waals surface area contributed by atoms with Gasteiger partial charge >= 0.3 is 6.18 Å². The Bertz CT molecular complexity index is 920. The van der Waals surface area contributed by atoms with Crippen LogP contribution in [0.2, 0.25) is 0 Å². The molecule has 174 valence electrons. The number of aliphatic imine (C=N–C) groups is 1. The van der Waals surface area contributed by atoms with Crippen LogP contribution in [0, 0.1) is 0 Å². The molecule has 3 rings (SSSR count). The minimum absolute atomic E-state index is 0. The SMILES string of the molecule is CCNC(=NCc1ccc(OCC(F)(F)F)cc1)NCC1CC(=O)Nc2ccccc21.I. The van der Waals surface area contributed by atoms with E-state index in [1.54, 1.807) is 12.1 Å². The highest BCUT2D eigenvalue weighted by Gasteiger charge is 2.28. The minimum Gasteiger partial charge on any atom is -0.484 e. The Kier molecular flexibility index (Phi) is 9.60. The van der Waals surface area contributed by atoms with Crippen molar-refractivity contribution < 1.29 is 22.7 Å². The van der Waals surface area contributed by atoms with Gasteiger partial charge in [0, 0.05) is 31.1 Å². The third-order valence-corrected chi connectivity index (χ3v) is 4.71. The quantitative estimate of drug-likeness (QED) is 0.266. The van der Waals surface area contributed by atoms with Crippen molar-refractivity contribution in [3.63, 3.8) is 0 Å². The van der Waals surface area contributed by atoms with E-state index >= 15 is 0 Å². The largest absolute Gasteiger partial charge is 0.484 e. The minimum atomic E-state index is -4.37. The summed E-state index contributed by atoms with van der Waals surface area (Å²) < 4.78 is 41.4. The van der Waals surface area contributed by atoms with E-state index in [1.165, 1.54) is 12.1 Å². The number of hydrogen-bond acceptors (Lipinski definition) is 3. The molecule has 0 radical (unpaired) electrons. The zero-order chi connectivity index (χ0) is 22.3. The Balaban J connectivity index is 0.00000363. The van der Waals surface area contributed by atoms with Gasteiger partial charge < -0.3 is 20.7 Å². The molecule has 6 nitrogen and oxygen atoms in total. The molecule has 32 heavy (non-hydrogen) atoms. The number of fused-ring (bicyclic) bond motifs is 1. The second kappa shape index (κ2) is 11.9. The van der Waals surface area contributed by atoms with Crippen molar-refractivity contribution in [2.24, 2.45) is 4.99 Å². The highest BCUT2D eigenvalue weighted by Crippen LogP contribution is 2.31. The van der Waals surface area contributed by atoms with Gasteiger partial charge in [-0.1, -0.05) is 30.3 Å². The summed E-state index contributed by atoms with van der Waals surface area (Å²) in [4.78, 5) is 16.5. The van der Waals surface area contributed by atoms with Crippen LogP contribution in [-0.4, -0.2) is 37.7 Å². The fourth-order valence-electron chi connectivity index (χ4n) is 3.27. The second-order valence-electron chi connectivity index (χ2n) is 7.16. The van der Waals surface area contributed by atoms with Gasteiger partial charge in [0.05, 0.1) is 6.54 Å². The van der Waals surface area contributed by atoms with Gasteiger partial charge in [0.15, 0.2) is 12.6 Å². The molecule has 1 amide bonds. The number of carbonyl (C=O) groups is 1. The highest BCUT2D eigenvalue weighted by molar-refractivity contribution is 14.0. The van der Waals surface area contributed by atoms with Gasteiger partial charge in [-0.3, -0.25) is 4.79 Å². The Hall–Kier alpha value is -2.50. The number of alkyl halides is 3. The number of nitrogens with one attached hydrogen (secondary N) is 3. The van der Waals surface area contributed by atoms with E-state index in [2.05, 4.69) is 20.9 Å². The molecular formula is C22H26F3IN4O2. The van der Waals surface area contributed by atoms with Crippen LogP contribution in [0.3, 0.4) is 0 Å². The average molecular weight is 562 g/mol. The van der Waals surface area contributed by atoms with Gasteiger partial charge in [-0.25, -0.2) is 4.99 Å². The van der Waals surface area contributed by atoms with E-state index in [4.69, 9.17) is 4.74 Å². The third-order valence-electron chi connectivity index (χ3n) is 4.71. The van der Waals surface area contributed by atoms with Gasteiger partial charge in [-0.05, 0) is 36.2 Å². The van der Waals surface area contributed by atoms with Crippen LogP contribution < -0.4 is 20.7 Å². The molecule has 1 unspecified atom stereocenters. The lowest BCUT2D eigenvalue weighted by molar-refractivity contribution is -0.153. The number of para-hydroxylation sites is 1. The zero-order valence-corrected chi connectivity index (χ0v) is 19.9. The molecule has 1 aliphatic heterocycles. The van der Waals surface area contributed by atoms with Crippen molar-refractivity contribution in [3.8, 4) is 5.75 Å². The van der Waals surface area contributed by atoms with Gasteiger partial charge in [0.25, 0.3) is 0 Å². The van der Waals surface area contributed by atoms with Crippen LogP contribution in [0.1, 0.15) is 30.4 Å². The van der Waals surface area contributed by atoms with Crippen molar-refractivity contribution in [1.82, 2.24) is 10.6 Å². The predicted octanol–water partition coefficient (Wildman–Crippen LogP) is 4.43. The topological polar surface area (TPSA) is 74.8 Å². The smallest absolute Gasteiger partial charge is 0.422 e. The van der Waals surface area contributed by atoms with Gasteiger partial charge in [0.2, 0.25) is 5.91 Å². The van der Waals surface area contributed by atoms with E-state index < -0.39 is 12.8 Å². The number of benzene rings is 2. The summed E-state index contributed by atoms with van der Waals surface area (Å²) >= 11 is 0. The van der Waals surface area contributed by atoms with Crippen LogP contribution in [0.5, 0.6) is 5.75 Å². The monoisotopic (exact) mass is 562 g/mol. The molecule has 1 atom stereocenters. The van der Waals surface area contributed by atoms with E-state index in [0.29, 0.717) is 32.0 Å². The Labute approximate surface area is 202 Å². The number of ether oxygens (including phenoxy) is 1. The summed E-state index contributed by atoms with van der Waals surface area (Å²) in [5.41, 5.74) is 2.75. The first-order valence-electron chi connectivity index (χ1n) is 10.0. The number of amides is 1. The molecule has 0 fully saturated rings. The maximum absolute atomic E-state index is 12.2. The van der Waals surface area contributed by atoms with Crippen LogP contribution in [0.25, 0.3) is 0 Å². The fourth-order valence-corrected chi connectivity index (χ4v) is 3.27. The number of anilines is 1. The van der Waals surface area contributed by atoms with Gasteiger partial charge in [-0.15, -0.1) is 24.0 Å². The molecule has 0 spiro atoms. The molecule has 0 bridgehead atoms. The summed E-state index contributed by atoms with van der Waals surface area (Å²) in [6.07, 6.45) is -3.97. The maximum atomic E-state index is 12.2. The molecular weight excluding hydrogens is 536 g/mol. The first-order chi connectivity index (χ1) is 14.8. The van der Waals surface area contributed by atoms with Gasteiger partial charge in [0.1, 0.15) is 5.75 Å². The first kappa shape index (κ1) is 25.8. The molecule has 10 heteroatoms. The molecule has 2 aromatic rings.